The summed E-state index contributed by atoms with van der Waals surface area (Å²) in [7, 11) is 0.529. The first-order valence-electron chi connectivity index (χ1n) is 15.6. The topological polar surface area (TPSA) is 116 Å². The summed E-state index contributed by atoms with van der Waals surface area (Å²) < 4.78 is 117. The normalized spacial score (nSPS) is 16.6. The first-order valence-corrected chi connectivity index (χ1v) is 17.9. The van der Waals surface area contributed by atoms with Crippen LogP contribution in [0.1, 0.15) is 32.8 Å². The summed E-state index contributed by atoms with van der Waals surface area (Å²) in [5.41, 5.74) is 2.07. The number of likely N-dealkylation sites (N-methyl/N-ethyl adjacent to an activating group) is 1. The molecule has 1 fully saturated rings. The fraction of sp³-hybridized carbons (Fsp3) is 0.438. The zero-order valence-electron chi connectivity index (χ0n) is 28.6. The van der Waals surface area contributed by atoms with Gasteiger partial charge >= 0.3 is 0 Å². The number of amidine groups is 1. The van der Waals surface area contributed by atoms with E-state index in [2.05, 4.69) is 35.3 Å². The molecule has 0 aliphatic carbocycles. The number of nitrogens with one attached hydrogen (secondary N) is 1. The molecule has 2 aromatic carbocycles. The van der Waals surface area contributed by atoms with Crippen molar-refractivity contribution in [1.82, 2.24) is 25.2 Å². The number of ether oxygens (including phenoxy) is 1. The standard InChI is InChI=1S/C32H36F6N8O3S2/c1-17-15-21(43-42-17)39-29-28(49-6)30(46-13-11-45(12-14-46)10-9-44(4)5)41-31(40-29)50-20-8-7-18(16-19(20)33)51(47,48)32(2,3)22-23(34)25(36)27(38)26(37)24(22)35/h7-8,16H,9-15H2,1-6H3,(H,39,40,41,43). The number of hydrogen-bond acceptors (Lipinski definition) is 11. The highest BCUT2D eigenvalue weighted by Crippen LogP contribution is 2.42. The summed E-state index contributed by atoms with van der Waals surface area (Å²) in [4.78, 5) is 19.4. The molecule has 2 aliphatic rings. The fourth-order valence-corrected chi connectivity index (χ4v) is 7.81. The predicted octanol–water partition coefficient (Wildman–Crippen LogP) is 5.26. The molecule has 19 heteroatoms. The summed E-state index contributed by atoms with van der Waals surface area (Å²) in [6.45, 7) is 7.83. The Morgan fingerprint density at radius 3 is 2.16 bits per heavy atom. The molecule has 2 aliphatic heterocycles. The third-order valence-corrected chi connectivity index (χ3v) is 11.8. The van der Waals surface area contributed by atoms with Gasteiger partial charge in [0.1, 0.15) is 16.4 Å². The molecule has 0 bridgehead atoms. The SMILES string of the molecule is COc1c(N=C2CC(C)=NN2)nc(Sc2ccc(S(=O)(=O)C(C)(C)c3c(F)c(F)c(F)c(F)c3F)cc2F)nc1N1CCN(CCN(C)C)CC1. The van der Waals surface area contributed by atoms with Crippen LogP contribution in [0, 0.1) is 34.9 Å². The van der Waals surface area contributed by atoms with Gasteiger partial charge < -0.3 is 14.5 Å². The Morgan fingerprint density at radius 1 is 0.980 bits per heavy atom. The maximum absolute atomic E-state index is 15.7. The van der Waals surface area contributed by atoms with Crippen molar-refractivity contribution in [1.29, 1.82) is 0 Å². The first-order chi connectivity index (χ1) is 24.0. The number of piperazine rings is 1. The Balaban J connectivity index is 1.49. The largest absolute Gasteiger partial charge is 0.490 e. The van der Waals surface area contributed by atoms with Crippen molar-refractivity contribution in [2.24, 2.45) is 10.1 Å². The minimum absolute atomic E-state index is 0.0482. The van der Waals surface area contributed by atoms with Crippen molar-refractivity contribution < 1.29 is 39.5 Å². The van der Waals surface area contributed by atoms with Crippen molar-refractivity contribution in [3.8, 4) is 5.75 Å². The van der Waals surface area contributed by atoms with E-state index in [1.54, 1.807) is 0 Å². The number of benzene rings is 2. The lowest BCUT2D eigenvalue weighted by Gasteiger charge is -2.36. The summed E-state index contributed by atoms with van der Waals surface area (Å²) in [6, 6.07) is 2.67. The molecule has 3 aromatic rings. The van der Waals surface area contributed by atoms with E-state index in [0.717, 1.165) is 69.6 Å². The van der Waals surface area contributed by atoms with Crippen LogP contribution in [-0.2, 0) is 14.6 Å². The van der Waals surface area contributed by atoms with E-state index in [9.17, 15) is 30.4 Å². The first kappa shape index (κ1) is 38.3. The Labute approximate surface area is 295 Å². The van der Waals surface area contributed by atoms with Crippen LogP contribution < -0.4 is 15.1 Å². The minimum Gasteiger partial charge on any atom is -0.490 e. The molecule has 0 amide bonds. The van der Waals surface area contributed by atoms with Crippen LogP contribution in [0.5, 0.6) is 5.75 Å². The van der Waals surface area contributed by atoms with Crippen molar-refractivity contribution in [2.75, 3.05) is 65.4 Å². The van der Waals surface area contributed by atoms with Gasteiger partial charge in [-0.15, -0.1) is 0 Å². The van der Waals surface area contributed by atoms with Gasteiger partial charge in [0.25, 0.3) is 0 Å². The van der Waals surface area contributed by atoms with Gasteiger partial charge in [-0.05, 0) is 64.8 Å². The van der Waals surface area contributed by atoms with Crippen LogP contribution in [0.15, 0.2) is 43.2 Å². The van der Waals surface area contributed by atoms with Gasteiger partial charge in [0.2, 0.25) is 17.4 Å². The summed E-state index contributed by atoms with van der Waals surface area (Å²) in [5, 5.41) is 4.19. The number of halogens is 6. The number of nitrogens with zero attached hydrogens (tertiary/aromatic N) is 7. The zero-order valence-corrected chi connectivity index (χ0v) is 30.3. The van der Waals surface area contributed by atoms with Crippen molar-refractivity contribution in [2.45, 2.75) is 46.9 Å². The van der Waals surface area contributed by atoms with Gasteiger partial charge in [0, 0.05) is 51.4 Å². The molecular weight excluding hydrogens is 723 g/mol. The third-order valence-electron chi connectivity index (χ3n) is 8.49. The molecule has 276 valence electrons. The number of hydrogen-bond donors (Lipinski definition) is 1. The van der Waals surface area contributed by atoms with Crippen LogP contribution >= 0.6 is 11.8 Å². The molecule has 0 unspecified atom stereocenters. The second kappa shape index (κ2) is 15.0. The third kappa shape index (κ3) is 7.66. The molecule has 0 radical (unpaired) electrons. The summed E-state index contributed by atoms with van der Waals surface area (Å²) >= 11 is 0.760. The number of methoxy groups -OCH3 is 1. The molecule has 11 nitrogen and oxygen atoms in total. The lowest BCUT2D eigenvalue weighted by atomic mass is 10.00. The van der Waals surface area contributed by atoms with Crippen molar-refractivity contribution in [3.05, 3.63) is 58.7 Å². The van der Waals surface area contributed by atoms with Crippen LogP contribution in [0.4, 0.5) is 38.0 Å². The van der Waals surface area contributed by atoms with E-state index in [1.165, 1.54) is 7.11 Å². The monoisotopic (exact) mass is 758 g/mol. The van der Waals surface area contributed by atoms with E-state index in [1.807, 2.05) is 25.9 Å². The van der Waals surface area contributed by atoms with Crippen LogP contribution in [-0.4, -0.2) is 100 Å². The van der Waals surface area contributed by atoms with Gasteiger partial charge in [-0.3, -0.25) is 10.3 Å². The Hall–Kier alpha value is -3.94. The van der Waals surface area contributed by atoms with Crippen LogP contribution in [0.3, 0.4) is 0 Å². The lowest BCUT2D eigenvalue weighted by molar-refractivity contribution is 0.228. The van der Waals surface area contributed by atoms with Gasteiger partial charge in [-0.2, -0.15) is 10.1 Å². The molecule has 51 heavy (non-hydrogen) atoms. The quantitative estimate of drug-likeness (QED) is 0.120. The minimum atomic E-state index is -4.95. The number of rotatable bonds is 11. The van der Waals surface area contributed by atoms with Crippen molar-refractivity contribution >= 4 is 44.8 Å². The second-order valence-electron chi connectivity index (χ2n) is 12.7. The smallest absolute Gasteiger partial charge is 0.206 e. The highest BCUT2D eigenvalue weighted by molar-refractivity contribution is 7.99. The Morgan fingerprint density at radius 2 is 1.61 bits per heavy atom. The van der Waals surface area contributed by atoms with Gasteiger partial charge in [-0.1, -0.05) is 0 Å². The predicted molar refractivity (Wildman–Crippen MR) is 181 cm³/mol. The number of sulfone groups is 1. The van der Waals surface area contributed by atoms with Crippen LogP contribution in [0.25, 0.3) is 0 Å². The van der Waals surface area contributed by atoms with E-state index >= 15 is 4.39 Å². The molecule has 1 aromatic heterocycles. The van der Waals surface area contributed by atoms with E-state index in [4.69, 9.17) is 4.74 Å². The summed E-state index contributed by atoms with van der Waals surface area (Å²) in [6.07, 6.45) is 0.432. The number of hydrazone groups is 1. The maximum Gasteiger partial charge on any atom is 0.206 e. The average molecular weight is 759 g/mol. The highest BCUT2D eigenvalue weighted by atomic mass is 32.2. The Bertz CT molecular complexity index is 1980. The zero-order chi connectivity index (χ0) is 37.4. The van der Waals surface area contributed by atoms with Gasteiger partial charge in [-0.25, -0.2) is 44.7 Å². The van der Waals surface area contributed by atoms with Crippen molar-refractivity contribution in [3.63, 3.8) is 0 Å². The molecule has 1 N–H and O–H groups in total. The number of anilines is 1. The molecule has 0 saturated carbocycles. The molecule has 3 heterocycles. The van der Waals surface area contributed by atoms with E-state index < -0.39 is 59.9 Å². The average Bonchev–Trinajstić information content (AvgIpc) is 3.50. The van der Waals surface area contributed by atoms with Gasteiger partial charge in [0.15, 0.2) is 44.1 Å². The molecule has 0 atom stereocenters. The van der Waals surface area contributed by atoms with Gasteiger partial charge in [0.05, 0.1) is 22.5 Å². The number of aromatic nitrogens is 2. The maximum atomic E-state index is 15.7. The second-order valence-corrected chi connectivity index (χ2v) is 16.2. The molecular formula is C32H36F6N8O3S2. The lowest BCUT2D eigenvalue weighted by Crippen LogP contribution is -2.48. The van der Waals surface area contributed by atoms with Crippen LogP contribution in [0.2, 0.25) is 0 Å². The van der Waals surface area contributed by atoms with E-state index in [0.29, 0.717) is 37.2 Å². The Kier molecular flexibility index (Phi) is 11.2. The molecule has 1 saturated heterocycles. The fourth-order valence-electron chi connectivity index (χ4n) is 5.52. The molecule has 5 rings (SSSR count). The number of aliphatic imine (C=N–C) groups is 1. The summed E-state index contributed by atoms with van der Waals surface area (Å²) in [5.74, 6) is -11.4. The molecule has 0 spiro atoms. The van der Waals surface area contributed by atoms with E-state index in [-0.39, 0.29) is 21.6 Å². The highest BCUT2D eigenvalue weighted by Gasteiger charge is 2.45.